The number of H-pyrrole nitrogens is 1. The van der Waals surface area contributed by atoms with Gasteiger partial charge in [-0.1, -0.05) is 0 Å². The van der Waals surface area contributed by atoms with Gasteiger partial charge in [0.2, 0.25) is 5.91 Å². The minimum atomic E-state index is 0.0830. The Balaban J connectivity index is 1.78. The molecule has 2 aliphatic rings. The number of fused-ring (bicyclic) bond motifs is 1. The largest absolute Gasteiger partial charge is 0.376 e. The minimum Gasteiger partial charge on any atom is -0.376 e. The van der Waals surface area contributed by atoms with Crippen LogP contribution in [0, 0.1) is 5.92 Å². The van der Waals surface area contributed by atoms with Gasteiger partial charge in [0, 0.05) is 12.5 Å². The zero-order chi connectivity index (χ0) is 13.4. The van der Waals surface area contributed by atoms with Gasteiger partial charge in [-0.15, -0.1) is 0 Å². The Hall–Kier alpha value is -1.36. The van der Waals surface area contributed by atoms with Crippen molar-refractivity contribution in [2.24, 2.45) is 5.92 Å². The van der Waals surface area contributed by atoms with Gasteiger partial charge in [0.05, 0.1) is 29.8 Å². The van der Waals surface area contributed by atoms with Crippen molar-refractivity contribution in [1.29, 1.82) is 0 Å². The molecular formula is C14H21N3O2. The van der Waals surface area contributed by atoms with Gasteiger partial charge in [0.25, 0.3) is 0 Å². The fourth-order valence-corrected chi connectivity index (χ4v) is 3.31. The number of amides is 1. The Morgan fingerprint density at radius 1 is 1.42 bits per heavy atom. The van der Waals surface area contributed by atoms with Crippen molar-refractivity contribution in [3.8, 4) is 0 Å². The lowest BCUT2D eigenvalue weighted by Gasteiger charge is -2.35. The summed E-state index contributed by atoms with van der Waals surface area (Å²) in [4.78, 5) is 14.6. The Morgan fingerprint density at radius 2 is 2.16 bits per heavy atom. The van der Waals surface area contributed by atoms with E-state index in [4.69, 9.17) is 4.74 Å². The molecule has 0 aliphatic carbocycles. The molecule has 0 unspecified atom stereocenters. The van der Waals surface area contributed by atoms with E-state index in [2.05, 4.69) is 24.0 Å². The first-order chi connectivity index (χ1) is 9.15. The van der Waals surface area contributed by atoms with E-state index in [-0.39, 0.29) is 24.0 Å². The summed E-state index contributed by atoms with van der Waals surface area (Å²) in [5.41, 5.74) is 2.07. The molecule has 0 aromatic carbocycles. The summed E-state index contributed by atoms with van der Waals surface area (Å²) < 4.78 is 5.72. The van der Waals surface area contributed by atoms with Gasteiger partial charge >= 0.3 is 0 Å². The van der Waals surface area contributed by atoms with Gasteiger partial charge in [0.15, 0.2) is 0 Å². The average Bonchev–Trinajstić information content (AvgIpc) is 2.84. The fraction of sp³-hybridized carbons (Fsp3) is 0.714. The molecule has 5 heteroatoms. The van der Waals surface area contributed by atoms with Crippen molar-refractivity contribution in [3.63, 3.8) is 0 Å². The zero-order valence-corrected chi connectivity index (χ0v) is 11.6. The van der Waals surface area contributed by atoms with E-state index in [1.165, 1.54) is 0 Å². The molecule has 1 aromatic rings. The van der Waals surface area contributed by atoms with Crippen molar-refractivity contribution >= 4 is 11.6 Å². The van der Waals surface area contributed by atoms with E-state index < -0.39 is 0 Å². The number of ether oxygens (including phenoxy) is 1. The maximum Gasteiger partial charge on any atom is 0.230 e. The number of rotatable bonds is 1. The van der Waals surface area contributed by atoms with Gasteiger partial charge in [-0.2, -0.15) is 5.10 Å². The summed E-state index contributed by atoms with van der Waals surface area (Å²) in [7, 11) is 0. The SMILES string of the molecule is C[C@H]1CC(C(=O)N2CCCc3[nH]ncc32)C[C@H](C)O1. The first-order valence-electron chi connectivity index (χ1n) is 7.14. The predicted octanol–water partition coefficient (Wildman–Crippen LogP) is 1.89. The van der Waals surface area contributed by atoms with Crippen LogP contribution in [-0.2, 0) is 16.0 Å². The first-order valence-corrected chi connectivity index (χ1v) is 7.14. The Labute approximate surface area is 113 Å². The summed E-state index contributed by atoms with van der Waals surface area (Å²) in [5.74, 6) is 0.323. The second-order valence-corrected chi connectivity index (χ2v) is 5.75. The number of anilines is 1. The van der Waals surface area contributed by atoms with Gasteiger partial charge in [-0.05, 0) is 39.5 Å². The number of nitrogens with one attached hydrogen (secondary N) is 1. The van der Waals surface area contributed by atoms with Crippen LogP contribution in [0.15, 0.2) is 6.20 Å². The topological polar surface area (TPSA) is 58.2 Å². The standard InChI is InChI=1S/C14H21N3O2/c1-9-6-11(7-10(2)19-9)14(18)17-5-3-4-12-13(17)8-15-16-12/h8-11H,3-7H2,1-2H3,(H,15,16)/t9-,10-/m0/s1. The molecule has 1 fully saturated rings. The average molecular weight is 263 g/mol. The van der Waals surface area contributed by atoms with Gasteiger partial charge in [-0.3, -0.25) is 9.89 Å². The molecule has 104 valence electrons. The lowest BCUT2D eigenvalue weighted by Crippen LogP contribution is -2.43. The molecule has 0 spiro atoms. The Kier molecular flexibility index (Phi) is 3.31. The highest BCUT2D eigenvalue weighted by Gasteiger charge is 2.34. The number of hydrogen-bond acceptors (Lipinski definition) is 3. The number of aromatic amines is 1. The van der Waals surface area contributed by atoms with Crippen LogP contribution in [0.25, 0.3) is 0 Å². The lowest BCUT2D eigenvalue weighted by molar-refractivity contribution is -0.130. The van der Waals surface area contributed by atoms with Crippen LogP contribution >= 0.6 is 0 Å². The second kappa shape index (κ2) is 4.96. The Bertz CT molecular complexity index is 461. The molecule has 1 saturated heterocycles. The van der Waals surface area contributed by atoms with Crippen LogP contribution in [0.4, 0.5) is 5.69 Å². The van der Waals surface area contributed by atoms with Crippen molar-refractivity contribution in [2.75, 3.05) is 11.4 Å². The van der Waals surface area contributed by atoms with E-state index in [1.54, 1.807) is 6.20 Å². The van der Waals surface area contributed by atoms with Crippen molar-refractivity contribution in [1.82, 2.24) is 10.2 Å². The maximum absolute atomic E-state index is 12.7. The molecule has 2 aliphatic heterocycles. The quantitative estimate of drug-likeness (QED) is 0.841. The van der Waals surface area contributed by atoms with Crippen LogP contribution in [0.2, 0.25) is 0 Å². The summed E-state index contributed by atoms with van der Waals surface area (Å²) in [6, 6.07) is 0. The highest BCUT2D eigenvalue weighted by Crippen LogP contribution is 2.31. The molecule has 2 atom stereocenters. The summed E-state index contributed by atoms with van der Waals surface area (Å²) in [5, 5.41) is 7.06. The van der Waals surface area contributed by atoms with Gasteiger partial charge < -0.3 is 9.64 Å². The Morgan fingerprint density at radius 3 is 2.89 bits per heavy atom. The second-order valence-electron chi connectivity index (χ2n) is 5.75. The molecule has 3 rings (SSSR count). The van der Waals surface area contributed by atoms with Gasteiger partial charge in [-0.25, -0.2) is 0 Å². The molecule has 3 heterocycles. The highest BCUT2D eigenvalue weighted by molar-refractivity contribution is 5.95. The number of nitrogens with zero attached hydrogens (tertiary/aromatic N) is 2. The van der Waals surface area contributed by atoms with Crippen LogP contribution in [0.1, 0.15) is 38.8 Å². The molecule has 1 N–H and O–H groups in total. The maximum atomic E-state index is 12.7. The summed E-state index contributed by atoms with van der Waals surface area (Å²) in [6.45, 7) is 4.91. The van der Waals surface area contributed by atoms with Crippen molar-refractivity contribution in [2.45, 2.75) is 51.7 Å². The van der Waals surface area contributed by atoms with Crippen LogP contribution < -0.4 is 4.90 Å². The number of carbonyl (C=O) groups excluding carboxylic acids is 1. The number of carbonyl (C=O) groups is 1. The van der Waals surface area contributed by atoms with Crippen molar-refractivity contribution in [3.05, 3.63) is 11.9 Å². The van der Waals surface area contributed by atoms with E-state index in [0.717, 1.165) is 43.6 Å². The fourth-order valence-electron chi connectivity index (χ4n) is 3.31. The third-order valence-electron chi connectivity index (χ3n) is 4.11. The minimum absolute atomic E-state index is 0.0830. The number of aromatic nitrogens is 2. The smallest absolute Gasteiger partial charge is 0.230 e. The normalized spacial score (nSPS) is 31.1. The molecule has 19 heavy (non-hydrogen) atoms. The van der Waals surface area contributed by atoms with Crippen LogP contribution in [0.5, 0.6) is 0 Å². The summed E-state index contributed by atoms with van der Waals surface area (Å²) >= 11 is 0. The van der Waals surface area contributed by atoms with E-state index in [0.29, 0.717) is 0 Å². The highest BCUT2D eigenvalue weighted by atomic mass is 16.5. The monoisotopic (exact) mass is 263 g/mol. The molecule has 0 saturated carbocycles. The number of hydrogen-bond donors (Lipinski definition) is 1. The molecular weight excluding hydrogens is 242 g/mol. The summed E-state index contributed by atoms with van der Waals surface area (Å²) in [6.07, 6.45) is 5.77. The molecule has 1 aromatic heterocycles. The molecule has 0 radical (unpaired) electrons. The van der Waals surface area contributed by atoms with Gasteiger partial charge in [0.1, 0.15) is 0 Å². The molecule has 1 amide bonds. The zero-order valence-electron chi connectivity index (χ0n) is 11.6. The van der Waals surface area contributed by atoms with Crippen LogP contribution in [-0.4, -0.2) is 34.9 Å². The van der Waals surface area contributed by atoms with E-state index in [9.17, 15) is 4.79 Å². The van der Waals surface area contributed by atoms with E-state index >= 15 is 0 Å². The van der Waals surface area contributed by atoms with Crippen LogP contribution in [0.3, 0.4) is 0 Å². The number of aryl methyl sites for hydroxylation is 1. The molecule has 5 nitrogen and oxygen atoms in total. The molecule has 0 bridgehead atoms. The van der Waals surface area contributed by atoms with E-state index in [1.807, 2.05) is 4.90 Å². The van der Waals surface area contributed by atoms with Crippen molar-refractivity contribution < 1.29 is 9.53 Å². The predicted molar refractivity (Wildman–Crippen MR) is 72.0 cm³/mol. The third kappa shape index (κ3) is 2.39. The first kappa shape index (κ1) is 12.7. The lowest BCUT2D eigenvalue weighted by atomic mass is 9.90. The third-order valence-corrected chi connectivity index (χ3v) is 4.11.